The summed E-state index contributed by atoms with van der Waals surface area (Å²) in [6, 6.07) is 14.0. The van der Waals surface area contributed by atoms with Gasteiger partial charge >= 0.3 is 0 Å². The third-order valence-electron chi connectivity index (χ3n) is 6.32. The monoisotopic (exact) mass is 483 g/mol. The minimum atomic E-state index is -0.349. The molecule has 0 unspecified atom stereocenters. The van der Waals surface area contributed by atoms with Crippen molar-refractivity contribution in [1.82, 2.24) is 30.2 Å². The Bertz CT molecular complexity index is 1510. The lowest BCUT2D eigenvalue weighted by atomic mass is 10.1. The quantitative estimate of drug-likeness (QED) is 0.333. The topological polar surface area (TPSA) is 125 Å². The Hall–Kier alpha value is -4.28. The lowest BCUT2D eigenvalue weighted by Gasteiger charge is -2.26. The highest BCUT2D eigenvalue weighted by atomic mass is 16.5. The molecule has 36 heavy (non-hydrogen) atoms. The molecule has 10 heteroatoms. The van der Waals surface area contributed by atoms with Crippen LogP contribution in [-0.4, -0.2) is 62.4 Å². The summed E-state index contributed by atoms with van der Waals surface area (Å²) in [5, 5.41) is 14.0. The Morgan fingerprint density at radius 3 is 2.81 bits per heavy atom. The lowest BCUT2D eigenvalue weighted by molar-refractivity contribution is 0.0342. The van der Waals surface area contributed by atoms with Crippen LogP contribution in [-0.2, 0) is 11.3 Å². The van der Waals surface area contributed by atoms with E-state index in [0.29, 0.717) is 28.5 Å². The average Bonchev–Trinajstić information content (AvgIpc) is 3.64. The normalized spacial score (nSPS) is 14.4. The maximum atomic E-state index is 13.1. The van der Waals surface area contributed by atoms with Gasteiger partial charge in [-0.3, -0.25) is 14.8 Å². The van der Waals surface area contributed by atoms with Crippen LogP contribution in [0.1, 0.15) is 21.5 Å². The number of imidazole rings is 1. The fraction of sp³-hybridized carbons (Fsp3) is 0.231. The molecule has 0 saturated carbocycles. The van der Waals surface area contributed by atoms with Gasteiger partial charge in [0.25, 0.3) is 5.91 Å². The van der Waals surface area contributed by atoms with Crippen LogP contribution < -0.4 is 5.32 Å². The third-order valence-corrected chi connectivity index (χ3v) is 6.32. The molecule has 2 aromatic carbocycles. The second kappa shape index (κ2) is 9.40. The highest BCUT2D eigenvalue weighted by Crippen LogP contribution is 2.28. The molecule has 6 rings (SSSR count). The number of carbonyl (C=O) groups excluding carboxylic acids is 1. The number of anilines is 1. The first-order valence-electron chi connectivity index (χ1n) is 11.8. The highest BCUT2D eigenvalue weighted by Gasteiger charge is 2.21. The number of amides is 1. The molecule has 3 aromatic heterocycles. The van der Waals surface area contributed by atoms with Crippen LogP contribution in [0.4, 0.5) is 5.69 Å². The zero-order chi connectivity index (χ0) is 24.5. The van der Waals surface area contributed by atoms with Gasteiger partial charge < -0.3 is 19.6 Å². The summed E-state index contributed by atoms with van der Waals surface area (Å²) in [7, 11) is 0. The summed E-state index contributed by atoms with van der Waals surface area (Å²) in [4.78, 5) is 23.6. The number of morpholine rings is 1. The molecule has 0 atom stereocenters. The number of hydrogen-bond donors (Lipinski definition) is 3. The smallest absolute Gasteiger partial charge is 0.261 e. The highest BCUT2D eigenvalue weighted by molar-refractivity contribution is 6.09. The molecule has 0 bridgehead atoms. The molecule has 1 fully saturated rings. The summed E-state index contributed by atoms with van der Waals surface area (Å²) >= 11 is 0. The molecule has 3 N–H and O–H groups in total. The Morgan fingerprint density at radius 2 is 1.97 bits per heavy atom. The number of nitrogens with zero attached hydrogens (tertiary/aromatic N) is 4. The van der Waals surface area contributed by atoms with E-state index in [9.17, 15) is 4.79 Å². The van der Waals surface area contributed by atoms with Crippen molar-refractivity contribution in [1.29, 1.82) is 0 Å². The standard InChI is InChI=1S/C26H25N7O3/c1-16-2-5-18(6-3-16)23-19(15-36-32-23)26(34)30-22-13-27-31-24(22)25-28-20-7-4-17(12-21(20)29-25)14-33-8-10-35-11-9-33/h2-7,12-13,15H,8-11,14H2,1H3,(H,27,31)(H,28,29)(H,30,34). The number of H-pyrrole nitrogens is 2. The Morgan fingerprint density at radius 1 is 1.14 bits per heavy atom. The van der Waals surface area contributed by atoms with Crippen LogP contribution in [0.5, 0.6) is 0 Å². The molecule has 182 valence electrons. The van der Waals surface area contributed by atoms with Gasteiger partial charge in [0.2, 0.25) is 0 Å². The van der Waals surface area contributed by atoms with E-state index in [0.717, 1.165) is 55.0 Å². The van der Waals surface area contributed by atoms with E-state index in [-0.39, 0.29) is 5.91 Å². The predicted octanol–water partition coefficient (Wildman–Crippen LogP) is 4.00. The SMILES string of the molecule is Cc1ccc(-c2nocc2C(=O)Nc2cn[nH]c2-c2nc3ccc(CN4CCOCC4)cc3[nH]2)cc1. The summed E-state index contributed by atoms with van der Waals surface area (Å²) in [6.07, 6.45) is 2.91. The molecule has 4 heterocycles. The summed E-state index contributed by atoms with van der Waals surface area (Å²) < 4.78 is 10.6. The average molecular weight is 484 g/mol. The van der Waals surface area contributed by atoms with Crippen LogP contribution in [0.25, 0.3) is 33.8 Å². The Labute approximate surface area is 206 Å². The Kier molecular flexibility index (Phi) is 5.80. The molecule has 1 amide bonds. The minimum Gasteiger partial charge on any atom is -0.379 e. The minimum absolute atomic E-state index is 0.336. The van der Waals surface area contributed by atoms with Crippen LogP contribution in [0.3, 0.4) is 0 Å². The Balaban J connectivity index is 1.23. The predicted molar refractivity (Wildman–Crippen MR) is 134 cm³/mol. The van der Waals surface area contributed by atoms with Crippen molar-refractivity contribution in [3.8, 4) is 22.8 Å². The first kappa shape index (κ1) is 22.2. The van der Waals surface area contributed by atoms with E-state index < -0.39 is 0 Å². The molecule has 5 aromatic rings. The zero-order valence-electron chi connectivity index (χ0n) is 19.7. The molecule has 10 nitrogen and oxygen atoms in total. The number of aromatic amines is 2. The van der Waals surface area contributed by atoms with Crippen molar-refractivity contribution in [3.05, 3.63) is 71.6 Å². The molecule has 0 aliphatic carbocycles. The zero-order valence-corrected chi connectivity index (χ0v) is 19.7. The van der Waals surface area contributed by atoms with Gasteiger partial charge in [-0.15, -0.1) is 0 Å². The van der Waals surface area contributed by atoms with Crippen molar-refractivity contribution in [3.63, 3.8) is 0 Å². The molecule has 0 radical (unpaired) electrons. The van der Waals surface area contributed by atoms with Gasteiger partial charge in [-0.1, -0.05) is 41.1 Å². The maximum Gasteiger partial charge on any atom is 0.261 e. The molecular weight excluding hydrogens is 458 g/mol. The molecule has 1 aliphatic rings. The largest absolute Gasteiger partial charge is 0.379 e. The number of carbonyl (C=O) groups is 1. The molecule has 1 aliphatic heterocycles. The van der Waals surface area contributed by atoms with E-state index >= 15 is 0 Å². The number of nitrogens with one attached hydrogen (secondary N) is 3. The number of aromatic nitrogens is 5. The number of hydrogen-bond acceptors (Lipinski definition) is 7. The lowest BCUT2D eigenvalue weighted by Crippen LogP contribution is -2.35. The summed E-state index contributed by atoms with van der Waals surface area (Å²) in [5.41, 5.74) is 6.79. The second-order valence-corrected chi connectivity index (χ2v) is 8.88. The van der Waals surface area contributed by atoms with Crippen LogP contribution in [0, 0.1) is 6.92 Å². The van der Waals surface area contributed by atoms with Gasteiger partial charge in [0.15, 0.2) is 5.82 Å². The van der Waals surface area contributed by atoms with Gasteiger partial charge in [-0.25, -0.2) is 4.98 Å². The fourth-order valence-corrected chi connectivity index (χ4v) is 4.36. The van der Waals surface area contributed by atoms with Crippen molar-refractivity contribution in [2.75, 3.05) is 31.6 Å². The second-order valence-electron chi connectivity index (χ2n) is 8.88. The number of rotatable bonds is 6. The number of aryl methyl sites for hydroxylation is 1. The van der Waals surface area contributed by atoms with Crippen molar-refractivity contribution in [2.45, 2.75) is 13.5 Å². The van der Waals surface area contributed by atoms with Crippen molar-refractivity contribution in [2.24, 2.45) is 0 Å². The van der Waals surface area contributed by atoms with Crippen LogP contribution in [0.15, 0.2) is 59.4 Å². The molecule has 0 spiro atoms. The van der Waals surface area contributed by atoms with Gasteiger partial charge in [0.1, 0.15) is 23.2 Å². The van der Waals surface area contributed by atoms with Gasteiger partial charge in [-0.2, -0.15) is 5.10 Å². The van der Waals surface area contributed by atoms with E-state index in [1.165, 1.54) is 11.8 Å². The van der Waals surface area contributed by atoms with Gasteiger partial charge in [0, 0.05) is 25.2 Å². The van der Waals surface area contributed by atoms with Gasteiger partial charge in [-0.05, 0) is 24.6 Å². The molecular formula is C26H25N7O3. The van der Waals surface area contributed by atoms with E-state index in [1.807, 2.05) is 37.3 Å². The van der Waals surface area contributed by atoms with Crippen molar-refractivity contribution >= 4 is 22.6 Å². The third kappa shape index (κ3) is 4.39. The van der Waals surface area contributed by atoms with Crippen LogP contribution in [0.2, 0.25) is 0 Å². The van der Waals surface area contributed by atoms with E-state index in [1.54, 1.807) is 6.20 Å². The fourth-order valence-electron chi connectivity index (χ4n) is 4.36. The number of fused-ring (bicyclic) bond motifs is 1. The van der Waals surface area contributed by atoms with Gasteiger partial charge in [0.05, 0.1) is 36.1 Å². The molecule has 1 saturated heterocycles. The number of benzene rings is 2. The first-order valence-corrected chi connectivity index (χ1v) is 11.8. The first-order chi connectivity index (χ1) is 17.6. The summed E-state index contributed by atoms with van der Waals surface area (Å²) in [6.45, 7) is 6.27. The van der Waals surface area contributed by atoms with Crippen molar-refractivity contribution < 1.29 is 14.1 Å². The van der Waals surface area contributed by atoms with E-state index in [4.69, 9.17) is 14.2 Å². The number of ether oxygens (including phenoxy) is 1. The van der Waals surface area contributed by atoms with Crippen LogP contribution >= 0.6 is 0 Å². The summed E-state index contributed by atoms with van der Waals surface area (Å²) in [5.74, 6) is 0.240. The van der Waals surface area contributed by atoms with E-state index in [2.05, 4.69) is 42.7 Å². The maximum absolute atomic E-state index is 13.1.